The Bertz CT molecular complexity index is 1250. The standard InChI is InChI=1S/C21H30O3.C8H7N3O5/c1-13(22)24-15-8-10-20(2)14(12-15)4-5-16-17-6-7-19(23)21(17,3)11-9-18(16)20;12-8-10(3-4-15-8)9-5-6-1-2-7(16-6)11(13)14/h4,15-18H,5-12H2,1-3H3;1-2,5H,3-4H2. The van der Waals surface area contributed by atoms with E-state index in [2.05, 4.69) is 29.8 Å². The van der Waals surface area contributed by atoms with Gasteiger partial charge in [-0.1, -0.05) is 25.5 Å². The van der Waals surface area contributed by atoms with Crippen LogP contribution in [-0.4, -0.2) is 53.2 Å². The molecule has 6 atom stereocenters. The number of allylic oxidation sites excluding steroid dienone is 1. The van der Waals surface area contributed by atoms with Gasteiger partial charge in [-0.2, -0.15) is 10.1 Å². The zero-order chi connectivity index (χ0) is 28.7. The van der Waals surface area contributed by atoms with Crippen molar-refractivity contribution in [3.8, 4) is 0 Å². The number of hydrogen-bond donors (Lipinski definition) is 0. The largest absolute Gasteiger partial charge is 0.462 e. The molecule has 1 saturated heterocycles. The molecule has 1 amide bonds. The first-order valence-electron chi connectivity index (χ1n) is 14.1. The molecule has 0 radical (unpaired) electrons. The Hall–Kier alpha value is -3.50. The smallest absolute Gasteiger partial charge is 0.433 e. The molecule has 0 spiro atoms. The van der Waals surface area contributed by atoms with Crippen LogP contribution in [0.25, 0.3) is 0 Å². The normalized spacial score (nSPS) is 34.7. The third-order valence-electron chi connectivity index (χ3n) is 9.96. The molecule has 5 aliphatic rings. The molecule has 1 aromatic heterocycles. The van der Waals surface area contributed by atoms with Gasteiger partial charge in [0.2, 0.25) is 0 Å². The number of carbonyl (C=O) groups excluding carboxylic acids is 3. The predicted octanol–water partition coefficient (Wildman–Crippen LogP) is 5.42. The fourth-order valence-corrected chi connectivity index (χ4v) is 7.86. The molecule has 40 heavy (non-hydrogen) atoms. The molecule has 11 heteroatoms. The second-order valence-electron chi connectivity index (χ2n) is 12.1. The van der Waals surface area contributed by atoms with Crippen LogP contribution in [-0.2, 0) is 19.1 Å². The minimum Gasteiger partial charge on any atom is -0.462 e. The van der Waals surface area contributed by atoms with E-state index in [0.29, 0.717) is 30.1 Å². The second kappa shape index (κ2) is 10.8. The molecule has 2 heterocycles. The van der Waals surface area contributed by atoms with E-state index in [9.17, 15) is 24.5 Å². The third kappa shape index (κ3) is 5.17. The minimum atomic E-state index is -0.651. The van der Waals surface area contributed by atoms with Gasteiger partial charge in [0.25, 0.3) is 0 Å². The van der Waals surface area contributed by atoms with Gasteiger partial charge in [0.15, 0.2) is 5.76 Å². The average molecular weight is 556 g/mol. The summed E-state index contributed by atoms with van der Waals surface area (Å²) in [6.07, 6.45) is 11.5. The number of amides is 1. The van der Waals surface area contributed by atoms with Gasteiger partial charge in [0.05, 0.1) is 18.8 Å². The zero-order valence-electron chi connectivity index (χ0n) is 23.3. The van der Waals surface area contributed by atoms with Crippen LogP contribution in [0.2, 0.25) is 0 Å². The van der Waals surface area contributed by atoms with Gasteiger partial charge in [0, 0.05) is 25.2 Å². The van der Waals surface area contributed by atoms with Crippen LogP contribution in [0, 0.1) is 38.7 Å². The zero-order valence-corrected chi connectivity index (χ0v) is 23.3. The number of furan rings is 1. The maximum atomic E-state index is 12.4. The predicted molar refractivity (Wildman–Crippen MR) is 143 cm³/mol. The van der Waals surface area contributed by atoms with E-state index >= 15 is 0 Å². The SMILES string of the molecule is CC(=O)OC1CCC2(C)C(=CCC3C4CCC(=O)C4(C)CCC32)C1.O=C1OCCN1N=Cc1ccc([N+](=O)[O-])o1. The number of carbonyl (C=O) groups is 3. The lowest BCUT2D eigenvalue weighted by atomic mass is 9.48. The maximum Gasteiger partial charge on any atom is 0.433 e. The summed E-state index contributed by atoms with van der Waals surface area (Å²) in [7, 11) is 0. The lowest BCUT2D eigenvalue weighted by Crippen LogP contribution is -2.50. The first kappa shape index (κ1) is 28.0. The van der Waals surface area contributed by atoms with Crippen LogP contribution in [0.1, 0.15) is 77.9 Å². The van der Waals surface area contributed by atoms with Crippen LogP contribution in [0.5, 0.6) is 0 Å². The molecule has 4 fully saturated rings. The van der Waals surface area contributed by atoms with Crippen molar-refractivity contribution in [3.05, 3.63) is 39.7 Å². The van der Waals surface area contributed by atoms with Crippen molar-refractivity contribution in [2.45, 2.75) is 78.2 Å². The molecule has 1 aromatic rings. The molecule has 1 aliphatic heterocycles. The molecular formula is C29H37N3O8. The molecule has 0 aromatic carbocycles. The van der Waals surface area contributed by atoms with E-state index in [4.69, 9.17) is 9.15 Å². The van der Waals surface area contributed by atoms with Gasteiger partial charge in [-0.25, -0.2) is 4.79 Å². The number of nitrogens with zero attached hydrogens (tertiary/aromatic N) is 3. The number of esters is 1. The number of fused-ring (bicyclic) bond motifs is 5. The van der Waals surface area contributed by atoms with Crippen molar-refractivity contribution < 1.29 is 33.2 Å². The summed E-state index contributed by atoms with van der Waals surface area (Å²) in [6.45, 7) is 6.84. The number of Topliss-reactive ketones (excluding diaryl/α,β-unsaturated/α-hetero) is 1. The number of nitro groups is 1. The number of hydrazone groups is 1. The summed E-state index contributed by atoms with van der Waals surface area (Å²) >= 11 is 0. The monoisotopic (exact) mass is 555 g/mol. The fourth-order valence-electron chi connectivity index (χ4n) is 7.86. The van der Waals surface area contributed by atoms with Crippen LogP contribution < -0.4 is 0 Å². The van der Waals surface area contributed by atoms with E-state index in [1.165, 1.54) is 37.3 Å². The molecule has 4 aliphatic carbocycles. The van der Waals surface area contributed by atoms with Gasteiger partial charge in [0.1, 0.15) is 23.4 Å². The summed E-state index contributed by atoms with van der Waals surface area (Å²) in [4.78, 5) is 44.4. The number of cyclic esters (lactones) is 1. The molecular weight excluding hydrogens is 518 g/mol. The highest BCUT2D eigenvalue weighted by Gasteiger charge is 2.58. The van der Waals surface area contributed by atoms with E-state index < -0.39 is 11.0 Å². The molecule has 216 valence electrons. The van der Waals surface area contributed by atoms with E-state index in [0.717, 1.165) is 50.0 Å². The molecule has 0 bridgehead atoms. The highest BCUT2D eigenvalue weighted by molar-refractivity contribution is 5.87. The van der Waals surface area contributed by atoms with Crippen molar-refractivity contribution in [1.82, 2.24) is 5.01 Å². The second-order valence-corrected chi connectivity index (χ2v) is 12.1. The van der Waals surface area contributed by atoms with E-state index in [1.54, 1.807) is 0 Å². The maximum absolute atomic E-state index is 12.4. The van der Waals surface area contributed by atoms with Gasteiger partial charge in [-0.15, -0.1) is 0 Å². The highest BCUT2D eigenvalue weighted by Crippen LogP contribution is 2.64. The fraction of sp³-hybridized carbons (Fsp3) is 0.655. The summed E-state index contributed by atoms with van der Waals surface area (Å²) in [5.74, 6) is 2.16. The Morgan fingerprint density at radius 3 is 2.60 bits per heavy atom. The molecule has 3 saturated carbocycles. The number of rotatable bonds is 4. The van der Waals surface area contributed by atoms with Gasteiger partial charge < -0.3 is 13.9 Å². The summed E-state index contributed by atoms with van der Waals surface area (Å²) in [5.41, 5.74) is 1.74. The van der Waals surface area contributed by atoms with Crippen LogP contribution in [0.15, 0.2) is 33.3 Å². The van der Waals surface area contributed by atoms with E-state index in [-0.39, 0.29) is 41.2 Å². The van der Waals surface area contributed by atoms with Gasteiger partial charge >= 0.3 is 17.9 Å². The quantitative estimate of drug-likeness (QED) is 0.158. The Kier molecular flexibility index (Phi) is 7.58. The summed E-state index contributed by atoms with van der Waals surface area (Å²) < 4.78 is 14.9. The Balaban J connectivity index is 0.000000176. The first-order valence-corrected chi connectivity index (χ1v) is 14.1. The summed E-state index contributed by atoms with van der Waals surface area (Å²) in [5, 5.41) is 15.2. The van der Waals surface area contributed by atoms with Crippen molar-refractivity contribution >= 4 is 29.9 Å². The van der Waals surface area contributed by atoms with E-state index in [1.807, 2.05) is 0 Å². The van der Waals surface area contributed by atoms with Crippen molar-refractivity contribution in [1.29, 1.82) is 0 Å². The minimum absolute atomic E-state index is 0.0438. The van der Waals surface area contributed by atoms with Crippen LogP contribution in [0.3, 0.4) is 0 Å². The topological polar surface area (TPSA) is 142 Å². The van der Waals surface area contributed by atoms with Gasteiger partial charge in [-0.05, 0) is 67.8 Å². The van der Waals surface area contributed by atoms with Crippen LogP contribution >= 0.6 is 0 Å². The molecule has 6 rings (SSSR count). The Morgan fingerprint density at radius 1 is 1.18 bits per heavy atom. The lowest BCUT2D eigenvalue weighted by molar-refractivity contribution is -0.402. The molecule has 11 nitrogen and oxygen atoms in total. The molecule has 0 N–H and O–H groups in total. The van der Waals surface area contributed by atoms with Crippen molar-refractivity contribution in [2.24, 2.45) is 33.7 Å². The first-order chi connectivity index (χ1) is 19.0. The van der Waals surface area contributed by atoms with Crippen molar-refractivity contribution in [3.63, 3.8) is 0 Å². The number of ether oxygens (including phenoxy) is 2. The Labute approximate surface area is 233 Å². The average Bonchev–Trinajstić information content (AvgIpc) is 3.62. The molecule has 6 unspecified atom stereocenters. The Morgan fingerprint density at radius 2 is 1.93 bits per heavy atom. The highest BCUT2D eigenvalue weighted by atomic mass is 16.6. The van der Waals surface area contributed by atoms with Gasteiger partial charge in [-0.3, -0.25) is 19.7 Å². The van der Waals surface area contributed by atoms with Crippen molar-refractivity contribution in [2.75, 3.05) is 13.2 Å². The number of hydrogen-bond acceptors (Lipinski definition) is 9. The summed E-state index contributed by atoms with van der Waals surface area (Å²) in [6, 6.07) is 2.60. The number of ketones is 1. The third-order valence-corrected chi connectivity index (χ3v) is 9.96. The van der Waals surface area contributed by atoms with Crippen LogP contribution in [0.4, 0.5) is 10.7 Å². The lowest BCUT2D eigenvalue weighted by Gasteiger charge is -2.56.